The molecule has 13 aromatic rings. The van der Waals surface area contributed by atoms with Crippen LogP contribution in [-0.4, -0.2) is 129 Å². The Bertz CT molecular complexity index is 5700. The van der Waals surface area contributed by atoms with Gasteiger partial charge in [-0.15, -0.1) is 0 Å². The first-order valence-corrected chi connectivity index (χ1v) is 43.4. The maximum Gasteiger partial charge on any atom is 0.221 e. The van der Waals surface area contributed by atoms with E-state index >= 15 is 0 Å². The Morgan fingerprint density at radius 2 is 0.694 bits per heavy atom. The number of pyridine rings is 2. The Labute approximate surface area is 736 Å². The number of para-hydroxylation sites is 1. The highest BCUT2D eigenvalue weighted by Crippen LogP contribution is 2.38. The number of amides is 1. The molecular weight excluding hydrogens is 1560 g/mol. The molecule has 16 nitrogen and oxygen atoms in total. The lowest BCUT2D eigenvalue weighted by molar-refractivity contribution is -0.119. The minimum atomic E-state index is -0.149. The Hall–Kier alpha value is -12.3. The average Bonchev–Trinajstić information content (AvgIpc) is 1.68. The van der Waals surface area contributed by atoms with Gasteiger partial charge < -0.3 is 37.2 Å². The van der Waals surface area contributed by atoms with Crippen molar-refractivity contribution in [2.75, 3.05) is 47.6 Å². The van der Waals surface area contributed by atoms with E-state index < -0.39 is 0 Å². The topological polar surface area (TPSA) is 229 Å². The Balaban J connectivity index is 0.000000156. The molecule has 17 heteroatoms. The van der Waals surface area contributed by atoms with Crippen LogP contribution in [0.4, 0.5) is 5.69 Å². The summed E-state index contributed by atoms with van der Waals surface area (Å²) in [4.78, 5) is 88.7. The molecule has 638 valence electrons. The number of thiophene rings is 1. The summed E-state index contributed by atoms with van der Waals surface area (Å²) in [7, 11) is 11.0. The summed E-state index contributed by atoms with van der Waals surface area (Å²) in [6.07, 6.45) is 13.1. The fraction of sp³-hybridized carbons (Fsp3) is 0.262. The molecule has 6 atom stereocenters. The van der Waals surface area contributed by atoms with Crippen LogP contribution in [0.3, 0.4) is 0 Å². The van der Waals surface area contributed by atoms with Crippen molar-refractivity contribution in [2.45, 2.75) is 143 Å². The Morgan fingerprint density at radius 3 is 1.14 bits per heavy atom. The first kappa shape index (κ1) is 94.0. The summed E-state index contributed by atoms with van der Waals surface area (Å²) in [5.74, 6) is 0.949. The highest BCUT2D eigenvalue weighted by Gasteiger charge is 2.23. The van der Waals surface area contributed by atoms with E-state index in [0.29, 0.717) is 12.8 Å². The van der Waals surface area contributed by atoms with Gasteiger partial charge in [-0.25, -0.2) is 0 Å². The number of carbonyl (C=O) groups is 7. The quantitative estimate of drug-likeness (QED) is 0.0231. The predicted octanol–water partition coefficient (Wildman–Crippen LogP) is 18.4. The number of anilines is 1. The van der Waals surface area contributed by atoms with Gasteiger partial charge in [-0.3, -0.25) is 43.5 Å². The largest absolute Gasteiger partial charge is 0.326 e. The lowest BCUT2D eigenvalue weighted by Crippen LogP contribution is -2.34. The minimum Gasteiger partial charge on any atom is -0.326 e. The first-order valence-electron chi connectivity index (χ1n) is 42.4. The Morgan fingerprint density at radius 1 is 0.315 bits per heavy atom. The number of hydrogen-bond acceptors (Lipinski definition) is 16. The summed E-state index contributed by atoms with van der Waals surface area (Å²) in [5, 5.41) is 26.5. The van der Waals surface area contributed by atoms with E-state index in [-0.39, 0.29) is 76.9 Å². The molecule has 0 bridgehead atoms. The van der Waals surface area contributed by atoms with Crippen LogP contribution < -0.4 is 37.2 Å². The molecule has 0 unspecified atom stereocenters. The molecule has 0 saturated carbocycles. The van der Waals surface area contributed by atoms with Crippen molar-refractivity contribution >= 4 is 68.5 Å². The minimum absolute atomic E-state index is 0.0835. The van der Waals surface area contributed by atoms with E-state index in [9.17, 15) is 33.6 Å². The summed E-state index contributed by atoms with van der Waals surface area (Å²) in [6, 6.07) is 87.1. The van der Waals surface area contributed by atoms with Gasteiger partial charge in [-0.05, 0) is 306 Å². The number of benzene rings is 10. The maximum absolute atomic E-state index is 11.6. The second-order valence-corrected chi connectivity index (χ2v) is 32.4. The van der Waals surface area contributed by atoms with Crippen LogP contribution in [0, 0.1) is 0 Å². The van der Waals surface area contributed by atoms with Crippen molar-refractivity contribution in [3.8, 4) is 66.8 Å². The fourth-order valence-corrected chi connectivity index (χ4v) is 16.1. The van der Waals surface area contributed by atoms with Crippen molar-refractivity contribution in [3.63, 3.8) is 0 Å². The van der Waals surface area contributed by atoms with Gasteiger partial charge in [0, 0.05) is 42.2 Å². The van der Waals surface area contributed by atoms with Crippen molar-refractivity contribution in [1.82, 2.24) is 41.9 Å². The van der Waals surface area contributed by atoms with Gasteiger partial charge in [0.25, 0.3) is 0 Å². The zero-order chi connectivity index (χ0) is 88.6. The number of aromatic nitrogens is 2. The second kappa shape index (κ2) is 47.4. The van der Waals surface area contributed by atoms with E-state index in [0.717, 1.165) is 112 Å². The number of aryl methyl sites for hydroxylation is 2. The molecule has 2 aliphatic carbocycles. The number of nitrogens with zero attached hydrogens (tertiary/aromatic N) is 2. The molecule has 2 aliphatic rings. The lowest BCUT2D eigenvalue weighted by atomic mass is 9.84. The highest BCUT2D eigenvalue weighted by molar-refractivity contribution is 7.08. The molecule has 10 aromatic carbocycles. The van der Waals surface area contributed by atoms with Crippen LogP contribution in [0.25, 0.3) is 77.7 Å². The zero-order valence-electron chi connectivity index (χ0n) is 73.6. The molecule has 7 N–H and O–H groups in total. The number of carbonyl (C=O) groups excluding carboxylic acids is 7. The molecular formula is C107H117N9O7S. The number of ketones is 6. The molecule has 0 aliphatic heterocycles. The third-order valence-corrected chi connectivity index (χ3v) is 23.5. The Kier molecular flexibility index (Phi) is 35.9. The van der Waals surface area contributed by atoms with Crippen molar-refractivity contribution < 1.29 is 33.6 Å². The smallest absolute Gasteiger partial charge is 0.221 e. The van der Waals surface area contributed by atoms with E-state index in [1.807, 2.05) is 126 Å². The molecule has 0 fully saturated rings. The number of Topliss-reactive ketones (excluding diaryl/α,β-unsaturated/α-hetero) is 6. The third kappa shape index (κ3) is 27.4. The van der Waals surface area contributed by atoms with Gasteiger partial charge in [0.15, 0.2) is 0 Å². The van der Waals surface area contributed by atoms with Crippen LogP contribution in [-0.2, 0) is 91.3 Å². The van der Waals surface area contributed by atoms with E-state index in [1.54, 1.807) is 66.1 Å². The number of fused-ring (bicyclic) bond motifs is 7. The predicted molar refractivity (Wildman–Crippen MR) is 510 cm³/mol. The zero-order valence-corrected chi connectivity index (χ0v) is 74.4. The fourth-order valence-electron chi connectivity index (χ4n) is 15.5. The molecule has 1 amide bonds. The van der Waals surface area contributed by atoms with Crippen molar-refractivity contribution in [2.24, 2.45) is 0 Å². The van der Waals surface area contributed by atoms with Gasteiger partial charge in [0.2, 0.25) is 5.91 Å². The number of likely N-dealkylation sites (N-methyl/N-ethyl adjacent to an activating group) is 6. The van der Waals surface area contributed by atoms with Crippen LogP contribution in [0.5, 0.6) is 0 Å². The van der Waals surface area contributed by atoms with Gasteiger partial charge in [0.05, 0.1) is 41.8 Å². The molecule has 124 heavy (non-hydrogen) atoms. The van der Waals surface area contributed by atoms with Gasteiger partial charge in [-0.2, -0.15) is 11.3 Å². The van der Waals surface area contributed by atoms with E-state index in [4.69, 9.17) is 0 Å². The normalized spacial score (nSPS) is 12.7. The second-order valence-electron chi connectivity index (χ2n) is 31.6. The van der Waals surface area contributed by atoms with Crippen LogP contribution in [0.15, 0.2) is 284 Å². The molecule has 3 heterocycles. The SMILES string of the molecule is CN[C@@H](Cc1ccc(-c2cccc(NC(C)=O)c2)cc1)C(C)=O.CN[C@@H](Cc1ccc(-c2cccnc2)cc1)C(C)=O.CN[C@@H](Cc1ccc(-c2ccsc2)cc1)C(C)=O.CN[C@@H](Cc1ccc(-c2cnc3ccccc3c2)cc1)C(C)=O.CN[C@@H](Cc1ccc2c(c1)CCc1ccccc1-2)C(C)=O.CN[C@@H](Cc1ccc2c(c1)Cc1ccccc1-2)C(C)=O. The van der Waals surface area contributed by atoms with E-state index in [2.05, 4.69) is 234 Å². The number of hydrogen-bond donors (Lipinski definition) is 7. The highest BCUT2D eigenvalue weighted by atomic mass is 32.1. The summed E-state index contributed by atoms with van der Waals surface area (Å²) in [6.45, 7) is 11.3. The number of nitrogens with one attached hydrogen (secondary N) is 7. The van der Waals surface area contributed by atoms with Gasteiger partial charge in [-0.1, -0.05) is 218 Å². The van der Waals surface area contributed by atoms with Gasteiger partial charge in [0.1, 0.15) is 34.7 Å². The van der Waals surface area contributed by atoms with Crippen molar-refractivity contribution in [3.05, 3.63) is 340 Å². The van der Waals surface area contributed by atoms with Gasteiger partial charge >= 0.3 is 0 Å². The van der Waals surface area contributed by atoms with E-state index in [1.165, 1.54) is 79.2 Å². The summed E-state index contributed by atoms with van der Waals surface area (Å²) < 4.78 is 0. The molecule has 3 aromatic heterocycles. The first-order chi connectivity index (χ1) is 59.9. The standard InChI is InChI=1S/C20H20N2O.C19H22N2O2.C19H21NO.C18H19NO.C16H18N2O.C15H17NOS/c1-14(23)20(21-2)11-15-7-9-16(10-8-15)18-12-17-5-3-4-6-19(17)22-13-18;1-13(22)19(20-3)11-15-7-9-16(10-8-15)17-5-4-6-18(12-17)21-14(2)23;1-13(21)19(20-2)12-14-7-10-18-16(11-14)9-8-15-5-3-4-6-17(15)18;1-12(20)18(19-2)10-13-7-8-17-15(9-13)11-14-5-3-4-6-16(14)17;1-12(19)16(17-2)10-13-5-7-14(8-6-13)15-4-3-9-18-11-15;1-11(17)15(16-2)9-12-3-5-13(6-4-12)14-7-8-18-10-14/h3-10,12-13,20-21H,11H2,1-2H3;4-10,12,19-20H,11H2,1-3H3,(H,21,23);3-7,10-11,19-20H,8-9,12H2,1-2H3;3-9,18-19H,10-11H2,1-2H3;3-9,11,16-17H,10H2,1-2H3;3-8,10,15-16H,9H2,1-2H3/t20-;2*19-;18-;16-;15-/m000000/s1. The van der Waals surface area contributed by atoms with Crippen LogP contribution >= 0.6 is 11.3 Å². The maximum atomic E-state index is 11.6. The number of rotatable bonds is 29. The van der Waals surface area contributed by atoms with Crippen molar-refractivity contribution in [1.29, 1.82) is 0 Å². The molecule has 0 saturated heterocycles. The molecule has 0 radical (unpaired) electrons. The molecule has 15 rings (SSSR count). The van der Waals surface area contributed by atoms with Crippen LogP contribution in [0.2, 0.25) is 0 Å². The third-order valence-electron chi connectivity index (χ3n) is 22.8. The summed E-state index contributed by atoms with van der Waals surface area (Å²) in [5.41, 5.74) is 29.0. The average molecular weight is 1670 g/mol. The lowest BCUT2D eigenvalue weighted by Gasteiger charge is -2.21. The molecule has 0 spiro atoms. The van der Waals surface area contributed by atoms with Crippen LogP contribution in [0.1, 0.15) is 104 Å². The monoisotopic (exact) mass is 1670 g/mol. The summed E-state index contributed by atoms with van der Waals surface area (Å²) >= 11 is 1.70.